The molecule has 0 amide bonds. The van der Waals surface area contributed by atoms with Gasteiger partial charge in [-0.15, -0.1) is 0 Å². The number of carbonyl (C=O) groups is 1. The number of nitrogens with one attached hydrogen (secondary N) is 1. The van der Waals surface area contributed by atoms with Gasteiger partial charge in [0.2, 0.25) is 0 Å². The van der Waals surface area contributed by atoms with Crippen molar-refractivity contribution in [2.75, 3.05) is 13.1 Å². The standard InChI is InChI=1S/C21H15F6NO/c22-20(23,24)17-7-3-1-5-13(17)9-15-11-28-12-16(19(15)29)10-14-6-2-4-8-18(14)21(25,26)27/h1-10,28H,11-12H2/b15-9+,16-10+. The maximum Gasteiger partial charge on any atom is 0.416 e. The third-order valence-electron chi connectivity index (χ3n) is 4.41. The average Bonchev–Trinajstić information content (AvgIpc) is 2.64. The number of hydrogen-bond acceptors (Lipinski definition) is 2. The van der Waals surface area contributed by atoms with Crippen molar-refractivity contribution in [3.05, 3.63) is 81.9 Å². The molecule has 0 spiro atoms. The summed E-state index contributed by atoms with van der Waals surface area (Å²) in [6.45, 7) is 0.0343. The van der Waals surface area contributed by atoms with Crippen molar-refractivity contribution in [3.63, 3.8) is 0 Å². The van der Waals surface area contributed by atoms with E-state index in [9.17, 15) is 31.1 Å². The first-order chi connectivity index (χ1) is 13.6. The molecule has 0 atom stereocenters. The number of hydrogen-bond donors (Lipinski definition) is 1. The molecule has 1 saturated heterocycles. The average molecular weight is 411 g/mol. The molecular formula is C21H15F6NO. The Morgan fingerprint density at radius 2 is 1.07 bits per heavy atom. The van der Waals surface area contributed by atoms with E-state index in [1.165, 1.54) is 36.4 Å². The highest BCUT2D eigenvalue weighted by molar-refractivity contribution is 6.14. The van der Waals surface area contributed by atoms with Gasteiger partial charge >= 0.3 is 12.4 Å². The van der Waals surface area contributed by atoms with E-state index in [1.54, 1.807) is 0 Å². The SMILES string of the molecule is O=C1/C(=C/c2ccccc2C(F)(F)F)CNC/C1=C\c1ccccc1C(F)(F)F. The molecule has 0 saturated carbocycles. The summed E-state index contributed by atoms with van der Waals surface area (Å²) < 4.78 is 79.0. The van der Waals surface area contributed by atoms with Gasteiger partial charge in [-0.1, -0.05) is 36.4 Å². The lowest BCUT2D eigenvalue weighted by atomic mass is 9.93. The summed E-state index contributed by atoms with van der Waals surface area (Å²) in [4.78, 5) is 12.7. The van der Waals surface area contributed by atoms with E-state index in [4.69, 9.17) is 0 Å². The van der Waals surface area contributed by atoms with E-state index in [-0.39, 0.29) is 35.4 Å². The van der Waals surface area contributed by atoms with Gasteiger partial charge in [-0.3, -0.25) is 4.79 Å². The lowest BCUT2D eigenvalue weighted by Crippen LogP contribution is -2.33. The number of carbonyl (C=O) groups excluding carboxylic acids is 1. The second-order valence-corrected chi connectivity index (χ2v) is 6.44. The van der Waals surface area contributed by atoms with Crippen LogP contribution in [0.25, 0.3) is 12.2 Å². The highest BCUT2D eigenvalue weighted by Gasteiger charge is 2.34. The Kier molecular flexibility index (Phi) is 5.66. The first-order valence-electron chi connectivity index (χ1n) is 8.56. The first kappa shape index (κ1) is 20.9. The topological polar surface area (TPSA) is 29.1 Å². The molecule has 1 heterocycles. The van der Waals surface area contributed by atoms with Crippen LogP contribution >= 0.6 is 0 Å². The predicted octanol–water partition coefficient (Wildman–Crippen LogP) is 5.36. The number of piperidine rings is 1. The molecule has 1 N–H and O–H groups in total. The fraction of sp³-hybridized carbons (Fsp3) is 0.190. The van der Waals surface area contributed by atoms with E-state index >= 15 is 0 Å². The second kappa shape index (κ2) is 7.87. The van der Waals surface area contributed by atoms with Gasteiger partial charge < -0.3 is 5.32 Å². The normalized spacial score (nSPS) is 18.5. The number of alkyl halides is 6. The van der Waals surface area contributed by atoms with Crippen LogP contribution in [0.15, 0.2) is 59.7 Å². The van der Waals surface area contributed by atoms with Gasteiger partial charge in [0.15, 0.2) is 5.78 Å². The van der Waals surface area contributed by atoms with Crippen LogP contribution in [0.1, 0.15) is 22.3 Å². The molecular weight excluding hydrogens is 396 g/mol. The molecule has 0 bridgehead atoms. The third-order valence-corrected chi connectivity index (χ3v) is 4.41. The van der Waals surface area contributed by atoms with E-state index in [1.807, 2.05) is 0 Å². The number of halogens is 6. The van der Waals surface area contributed by atoms with Crippen LogP contribution < -0.4 is 5.32 Å². The molecule has 1 aliphatic rings. The summed E-state index contributed by atoms with van der Waals surface area (Å²) in [6.07, 6.45) is -6.94. The number of ketones is 1. The molecule has 0 aromatic heterocycles. The van der Waals surface area contributed by atoms with E-state index in [0.29, 0.717) is 0 Å². The summed E-state index contributed by atoms with van der Waals surface area (Å²) in [7, 11) is 0. The van der Waals surface area contributed by atoms with Crippen LogP contribution in [0, 0.1) is 0 Å². The maximum atomic E-state index is 13.2. The zero-order valence-corrected chi connectivity index (χ0v) is 14.9. The molecule has 2 aromatic carbocycles. The Morgan fingerprint density at radius 3 is 1.45 bits per heavy atom. The smallest absolute Gasteiger partial charge is 0.308 e. The zero-order valence-electron chi connectivity index (χ0n) is 14.9. The molecule has 2 aromatic rings. The van der Waals surface area contributed by atoms with Gasteiger partial charge in [0, 0.05) is 24.2 Å². The van der Waals surface area contributed by atoms with E-state index in [2.05, 4.69) is 5.32 Å². The quantitative estimate of drug-likeness (QED) is 0.532. The Bertz CT molecular complexity index is 908. The highest BCUT2D eigenvalue weighted by atomic mass is 19.4. The summed E-state index contributed by atoms with van der Waals surface area (Å²) in [5.74, 6) is -0.585. The fourth-order valence-corrected chi connectivity index (χ4v) is 3.07. The molecule has 29 heavy (non-hydrogen) atoms. The molecule has 0 unspecified atom stereocenters. The van der Waals surface area contributed by atoms with Crippen molar-refractivity contribution in [3.8, 4) is 0 Å². The molecule has 152 valence electrons. The molecule has 3 rings (SSSR count). The zero-order chi connectivity index (χ0) is 21.2. The van der Waals surface area contributed by atoms with Crippen molar-refractivity contribution in [1.82, 2.24) is 5.32 Å². The van der Waals surface area contributed by atoms with Gasteiger partial charge in [-0.25, -0.2) is 0 Å². The second-order valence-electron chi connectivity index (χ2n) is 6.44. The fourth-order valence-electron chi connectivity index (χ4n) is 3.07. The number of Topliss-reactive ketones (excluding diaryl/α,β-unsaturated/α-hetero) is 1. The highest BCUT2D eigenvalue weighted by Crippen LogP contribution is 2.34. The van der Waals surface area contributed by atoms with E-state index in [0.717, 1.165) is 24.3 Å². The van der Waals surface area contributed by atoms with Crippen molar-refractivity contribution in [2.45, 2.75) is 12.4 Å². The van der Waals surface area contributed by atoms with E-state index < -0.39 is 29.3 Å². The lowest BCUT2D eigenvalue weighted by Gasteiger charge is -2.19. The van der Waals surface area contributed by atoms with Gasteiger partial charge in [0.1, 0.15) is 0 Å². The summed E-state index contributed by atoms with van der Waals surface area (Å²) in [5, 5.41) is 2.85. The van der Waals surface area contributed by atoms with Gasteiger partial charge in [-0.2, -0.15) is 26.3 Å². The Balaban J connectivity index is 2.00. The van der Waals surface area contributed by atoms with Crippen molar-refractivity contribution in [1.29, 1.82) is 0 Å². The van der Waals surface area contributed by atoms with Crippen molar-refractivity contribution < 1.29 is 31.1 Å². The lowest BCUT2D eigenvalue weighted by molar-refractivity contribution is -0.138. The molecule has 2 nitrogen and oxygen atoms in total. The molecule has 0 radical (unpaired) electrons. The van der Waals surface area contributed by atoms with Crippen molar-refractivity contribution >= 4 is 17.9 Å². The summed E-state index contributed by atoms with van der Waals surface area (Å²) >= 11 is 0. The molecule has 1 aliphatic heterocycles. The van der Waals surface area contributed by atoms with Crippen molar-refractivity contribution in [2.24, 2.45) is 0 Å². The maximum absolute atomic E-state index is 13.2. The summed E-state index contributed by atoms with van der Waals surface area (Å²) in [6, 6.07) is 9.60. The minimum absolute atomic E-state index is 0.0171. The Labute approximate surface area is 162 Å². The molecule has 8 heteroatoms. The third kappa shape index (κ3) is 4.76. The van der Waals surface area contributed by atoms with Crippen LogP contribution in [0.4, 0.5) is 26.3 Å². The van der Waals surface area contributed by atoms with Gasteiger partial charge in [-0.05, 0) is 35.4 Å². The molecule has 1 fully saturated rings. The van der Waals surface area contributed by atoms with Crippen LogP contribution in [-0.2, 0) is 17.1 Å². The Morgan fingerprint density at radius 1 is 0.690 bits per heavy atom. The molecule has 0 aliphatic carbocycles. The van der Waals surface area contributed by atoms with Crippen LogP contribution in [0.2, 0.25) is 0 Å². The number of benzene rings is 2. The largest absolute Gasteiger partial charge is 0.416 e. The summed E-state index contributed by atoms with van der Waals surface area (Å²) in [5.41, 5.74) is -2.05. The number of rotatable bonds is 2. The minimum Gasteiger partial charge on any atom is -0.308 e. The van der Waals surface area contributed by atoms with Gasteiger partial charge in [0.25, 0.3) is 0 Å². The van der Waals surface area contributed by atoms with Crippen LogP contribution in [0.5, 0.6) is 0 Å². The Hall–Kier alpha value is -2.87. The van der Waals surface area contributed by atoms with Crippen LogP contribution in [-0.4, -0.2) is 18.9 Å². The predicted molar refractivity (Wildman–Crippen MR) is 96.7 cm³/mol. The monoisotopic (exact) mass is 411 g/mol. The minimum atomic E-state index is -4.59. The van der Waals surface area contributed by atoms with Gasteiger partial charge in [0.05, 0.1) is 11.1 Å². The first-order valence-corrected chi connectivity index (χ1v) is 8.56. The van der Waals surface area contributed by atoms with Crippen LogP contribution in [0.3, 0.4) is 0 Å².